The third kappa shape index (κ3) is 4.68. The van der Waals surface area contributed by atoms with Crippen LogP contribution in [-0.2, 0) is 17.6 Å². The summed E-state index contributed by atoms with van der Waals surface area (Å²) in [6, 6.07) is 16.6. The Hall–Kier alpha value is -1.84. The Bertz CT molecular complexity index is 533. The summed E-state index contributed by atoms with van der Waals surface area (Å²) in [4.78, 5) is 12.8. The number of carbonyl (C=O) groups excluding carboxylic acids is 1. The molecule has 20 heavy (non-hydrogen) atoms. The minimum Gasteiger partial charge on any atom is -0.612 e. The largest absolute Gasteiger partial charge is 0.612 e. The molecule has 0 aliphatic heterocycles. The maximum absolute atomic E-state index is 12.0. The number of carbonyl (C=O) groups is 1. The maximum Gasteiger partial charge on any atom is 0.167 e. The van der Waals surface area contributed by atoms with Crippen molar-refractivity contribution in [2.24, 2.45) is 0 Å². The predicted molar refractivity (Wildman–Crippen MR) is 84.5 cm³/mol. The van der Waals surface area contributed by atoms with Gasteiger partial charge in [0.25, 0.3) is 0 Å². The Balaban J connectivity index is 0.000000956. The molecule has 0 spiro atoms. The molecule has 0 aliphatic rings. The highest BCUT2D eigenvalue weighted by molar-refractivity contribution is 7.90. The molecule has 2 aromatic rings. The first-order chi connectivity index (χ1) is 9.66. The predicted octanol–water partition coefficient (Wildman–Crippen LogP) is 3.65. The van der Waals surface area contributed by atoms with Crippen LogP contribution in [-0.4, -0.2) is 16.6 Å². The van der Waals surface area contributed by atoms with Crippen molar-refractivity contribution in [2.45, 2.75) is 11.3 Å². The summed E-state index contributed by atoms with van der Waals surface area (Å²) in [6.45, 7) is 6.00. The molecule has 0 amide bonds. The van der Waals surface area contributed by atoms with Gasteiger partial charge in [-0.2, -0.15) is 0 Å². The maximum atomic E-state index is 12.0. The number of benzene rings is 2. The molecule has 0 fully saturated rings. The number of hydrogen-bond acceptors (Lipinski definition) is 2. The standard InChI is InChI=1S/C15H14O2S.C2H4/c1-18(17)14-9-7-13(8-10-14)15(16)11-12-5-3-2-4-6-12;1-2/h2-10H,11H2,1H3;1-2H2. The van der Waals surface area contributed by atoms with Crippen LogP contribution < -0.4 is 0 Å². The number of hydrogen-bond donors (Lipinski definition) is 0. The molecule has 104 valence electrons. The van der Waals surface area contributed by atoms with E-state index in [9.17, 15) is 9.35 Å². The summed E-state index contributed by atoms with van der Waals surface area (Å²) >= 11 is -1.000. The van der Waals surface area contributed by atoms with Gasteiger partial charge in [0.1, 0.15) is 6.26 Å². The van der Waals surface area contributed by atoms with Crippen LogP contribution in [0.1, 0.15) is 15.9 Å². The van der Waals surface area contributed by atoms with Gasteiger partial charge in [0, 0.05) is 12.0 Å². The fourth-order valence-corrected chi connectivity index (χ4v) is 2.24. The Morgan fingerprint density at radius 2 is 1.60 bits per heavy atom. The van der Waals surface area contributed by atoms with E-state index in [1.807, 2.05) is 30.3 Å². The summed E-state index contributed by atoms with van der Waals surface area (Å²) in [6.07, 6.45) is 2.02. The molecule has 1 unspecified atom stereocenters. The van der Waals surface area contributed by atoms with E-state index in [0.29, 0.717) is 12.0 Å². The second kappa shape index (κ2) is 8.35. The lowest BCUT2D eigenvalue weighted by Crippen LogP contribution is -2.04. The van der Waals surface area contributed by atoms with Gasteiger partial charge in [-0.1, -0.05) is 30.3 Å². The van der Waals surface area contributed by atoms with Gasteiger partial charge in [0.2, 0.25) is 0 Å². The summed E-state index contributed by atoms with van der Waals surface area (Å²) in [5, 5.41) is 0. The molecular formula is C17H18O2S. The fraction of sp³-hybridized carbons (Fsp3) is 0.118. The van der Waals surface area contributed by atoms with Gasteiger partial charge >= 0.3 is 0 Å². The van der Waals surface area contributed by atoms with E-state index in [1.165, 1.54) is 0 Å². The number of Topliss-reactive ketones (excluding diaryl/α,β-unsaturated/α-hetero) is 1. The van der Waals surface area contributed by atoms with Crippen LogP contribution in [0.4, 0.5) is 0 Å². The molecule has 2 rings (SSSR count). The average molecular weight is 286 g/mol. The van der Waals surface area contributed by atoms with E-state index in [2.05, 4.69) is 13.2 Å². The summed E-state index contributed by atoms with van der Waals surface area (Å²) < 4.78 is 11.2. The Labute approximate surface area is 123 Å². The quantitative estimate of drug-likeness (QED) is 0.489. The molecule has 2 aromatic carbocycles. The van der Waals surface area contributed by atoms with Gasteiger partial charge in [-0.15, -0.1) is 13.2 Å². The molecule has 1 atom stereocenters. The van der Waals surface area contributed by atoms with Crippen LogP contribution >= 0.6 is 0 Å². The second-order valence-electron chi connectivity index (χ2n) is 4.06. The zero-order valence-electron chi connectivity index (χ0n) is 11.5. The van der Waals surface area contributed by atoms with Crippen LogP contribution in [0.25, 0.3) is 0 Å². The van der Waals surface area contributed by atoms with Crippen molar-refractivity contribution in [1.29, 1.82) is 0 Å². The molecule has 3 heteroatoms. The van der Waals surface area contributed by atoms with Crippen molar-refractivity contribution in [3.8, 4) is 0 Å². The van der Waals surface area contributed by atoms with Crippen LogP contribution in [0.5, 0.6) is 0 Å². The monoisotopic (exact) mass is 286 g/mol. The third-order valence-corrected chi connectivity index (χ3v) is 3.65. The van der Waals surface area contributed by atoms with Crippen LogP contribution in [0.15, 0.2) is 72.7 Å². The summed E-state index contributed by atoms with van der Waals surface area (Å²) in [7, 11) is 0. The molecule has 0 N–H and O–H groups in total. The van der Waals surface area contributed by atoms with Crippen LogP contribution in [0.3, 0.4) is 0 Å². The molecule has 2 nitrogen and oxygen atoms in total. The molecule has 0 radical (unpaired) electrons. The molecule has 0 bridgehead atoms. The summed E-state index contributed by atoms with van der Waals surface area (Å²) in [5.74, 6) is 0.0784. The van der Waals surface area contributed by atoms with Gasteiger partial charge in [-0.3, -0.25) is 4.79 Å². The lowest BCUT2D eigenvalue weighted by molar-refractivity contribution is 0.0993. The van der Waals surface area contributed by atoms with Crippen molar-refractivity contribution in [3.63, 3.8) is 0 Å². The first-order valence-corrected chi connectivity index (χ1v) is 7.73. The zero-order valence-corrected chi connectivity index (χ0v) is 12.4. The van der Waals surface area contributed by atoms with Crippen molar-refractivity contribution < 1.29 is 9.35 Å². The van der Waals surface area contributed by atoms with Crippen molar-refractivity contribution in [3.05, 3.63) is 78.9 Å². The van der Waals surface area contributed by atoms with Crippen LogP contribution in [0.2, 0.25) is 0 Å². The lowest BCUT2D eigenvalue weighted by Gasteiger charge is -2.05. The minimum atomic E-state index is -1.000. The van der Waals surface area contributed by atoms with Gasteiger partial charge < -0.3 is 4.55 Å². The first kappa shape index (κ1) is 16.2. The van der Waals surface area contributed by atoms with Crippen LogP contribution in [0, 0.1) is 0 Å². The van der Waals surface area contributed by atoms with Crippen molar-refractivity contribution >= 4 is 17.0 Å². The topological polar surface area (TPSA) is 40.1 Å². The molecule has 0 saturated heterocycles. The van der Waals surface area contributed by atoms with Crippen molar-refractivity contribution in [2.75, 3.05) is 6.26 Å². The van der Waals surface area contributed by atoms with Gasteiger partial charge in [0.15, 0.2) is 10.7 Å². The van der Waals surface area contributed by atoms with E-state index in [-0.39, 0.29) is 5.78 Å². The molecule has 0 aromatic heterocycles. The van der Waals surface area contributed by atoms with Gasteiger partial charge in [0.05, 0.1) is 0 Å². The normalized spacial score (nSPS) is 11.1. The number of rotatable bonds is 4. The van der Waals surface area contributed by atoms with Gasteiger partial charge in [-0.05, 0) is 41.0 Å². The fourth-order valence-electron chi connectivity index (χ4n) is 1.72. The van der Waals surface area contributed by atoms with E-state index < -0.39 is 11.2 Å². The molecule has 0 aliphatic carbocycles. The number of ketones is 1. The Kier molecular flexibility index (Phi) is 6.77. The SMILES string of the molecule is C=C.C[S+]([O-])c1ccc(C(=O)Cc2ccccc2)cc1. The smallest absolute Gasteiger partial charge is 0.167 e. The Morgan fingerprint density at radius 3 is 2.10 bits per heavy atom. The molecule has 0 saturated carbocycles. The van der Waals surface area contributed by atoms with E-state index in [1.54, 1.807) is 30.5 Å². The zero-order chi connectivity index (χ0) is 15.0. The third-order valence-electron chi connectivity index (χ3n) is 2.72. The molecular weight excluding hydrogens is 268 g/mol. The highest BCUT2D eigenvalue weighted by Gasteiger charge is 2.09. The molecule has 0 heterocycles. The Morgan fingerprint density at radius 1 is 1.05 bits per heavy atom. The summed E-state index contributed by atoms with van der Waals surface area (Å²) in [5.41, 5.74) is 1.67. The lowest BCUT2D eigenvalue weighted by atomic mass is 10.0. The highest BCUT2D eigenvalue weighted by Crippen LogP contribution is 2.12. The minimum absolute atomic E-state index is 0.0784. The van der Waals surface area contributed by atoms with Gasteiger partial charge in [-0.25, -0.2) is 0 Å². The van der Waals surface area contributed by atoms with Crippen molar-refractivity contribution in [1.82, 2.24) is 0 Å². The second-order valence-corrected chi connectivity index (χ2v) is 5.44. The first-order valence-electron chi connectivity index (χ1n) is 6.17. The average Bonchev–Trinajstić information content (AvgIpc) is 2.50. The van der Waals surface area contributed by atoms with E-state index >= 15 is 0 Å². The van der Waals surface area contributed by atoms with E-state index in [4.69, 9.17) is 0 Å². The highest BCUT2D eigenvalue weighted by atomic mass is 32.2. The van der Waals surface area contributed by atoms with E-state index in [0.717, 1.165) is 10.5 Å².